The minimum absolute atomic E-state index is 0.0707. The van der Waals surface area contributed by atoms with E-state index in [9.17, 15) is 14.0 Å². The number of carbonyl (C=O) groups excluding carboxylic acids is 2. The molecule has 0 unspecified atom stereocenters. The molecule has 0 saturated carbocycles. The number of hydrogen-bond donors (Lipinski definition) is 2. The summed E-state index contributed by atoms with van der Waals surface area (Å²) in [5.74, 6) is -0.752. The Morgan fingerprint density at radius 3 is 2.41 bits per heavy atom. The second-order valence-electron chi connectivity index (χ2n) is 5.41. The molecule has 0 radical (unpaired) electrons. The molecule has 1 heterocycles. The van der Waals surface area contributed by atoms with Gasteiger partial charge in [0, 0.05) is 31.6 Å². The summed E-state index contributed by atoms with van der Waals surface area (Å²) in [6.45, 7) is 4.03. The molecule has 0 aliphatic carbocycles. The van der Waals surface area contributed by atoms with E-state index in [2.05, 4.69) is 15.5 Å². The van der Waals surface area contributed by atoms with Crippen molar-refractivity contribution >= 4 is 11.8 Å². The summed E-state index contributed by atoms with van der Waals surface area (Å²) < 4.78 is 12.8. The van der Waals surface area contributed by atoms with Crippen molar-refractivity contribution in [3.63, 3.8) is 0 Å². The van der Waals surface area contributed by atoms with Gasteiger partial charge in [-0.05, 0) is 50.2 Å². The first kappa shape index (κ1) is 16.4. The molecule has 1 aromatic rings. The minimum Gasteiger partial charge on any atom is -0.355 e. The van der Waals surface area contributed by atoms with Crippen molar-refractivity contribution in [2.24, 2.45) is 0 Å². The molecular weight excluding hydrogens is 285 g/mol. The third kappa shape index (κ3) is 5.44. The molecule has 0 aromatic heterocycles. The molecule has 5 nitrogen and oxygen atoms in total. The summed E-state index contributed by atoms with van der Waals surface area (Å²) in [5.41, 5.74) is 0.385. The predicted molar refractivity (Wildman–Crippen MR) is 82.0 cm³/mol. The second-order valence-corrected chi connectivity index (χ2v) is 5.41. The summed E-state index contributed by atoms with van der Waals surface area (Å²) in [6.07, 6.45) is 2.72. The molecule has 1 aliphatic rings. The molecule has 2 amide bonds. The van der Waals surface area contributed by atoms with Crippen LogP contribution in [0.5, 0.6) is 0 Å². The van der Waals surface area contributed by atoms with Crippen LogP contribution in [0.4, 0.5) is 4.39 Å². The van der Waals surface area contributed by atoms with E-state index in [1.165, 1.54) is 37.1 Å². The van der Waals surface area contributed by atoms with E-state index in [0.717, 1.165) is 19.6 Å². The molecule has 1 saturated heterocycles. The third-order valence-corrected chi connectivity index (χ3v) is 3.69. The van der Waals surface area contributed by atoms with Crippen molar-refractivity contribution in [3.8, 4) is 0 Å². The van der Waals surface area contributed by atoms with Crippen molar-refractivity contribution in [1.29, 1.82) is 0 Å². The number of amides is 2. The molecule has 2 rings (SSSR count). The number of carbonyl (C=O) groups is 2. The largest absolute Gasteiger partial charge is 0.355 e. The molecule has 0 spiro atoms. The monoisotopic (exact) mass is 307 g/mol. The molecular formula is C16H22FN3O2. The van der Waals surface area contributed by atoms with Crippen molar-refractivity contribution in [1.82, 2.24) is 15.5 Å². The lowest BCUT2D eigenvalue weighted by molar-refractivity contribution is -0.120. The lowest BCUT2D eigenvalue weighted by Gasteiger charge is -2.14. The Bertz CT molecular complexity index is 499. The van der Waals surface area contributed by atoms with Gasteiger partial charge in [-0.15, -0.1) is 0 Å². The maximum atomic E-state index is 12.8. The van der Waals surface area contributed by atoms with Crippen LogP contribution in [0.1, 0.15) is 29.6 Å². The topological polar surface area (TPSA) is 61.4 Å². The Morgan fingerprint density at radius 1 is 1.05 bits per heavy atom. The Morgan fingerprint density at radius 2 is 1.73 bits per heavy atom. The van der Waals surface area contributed by atoms with Crippen LogP contribution in [-0.2, 0) is 4.79 Å². The van der Waals surface area contributed by atoms with E-state index >= 15 is 0 Å². The quantitative estimate of drug-likeness (QED) is 0.794. The van der Waals surface area contributed by atoms with Crippen LogP contribution in [0.3, 0.4) is 0 Å². The Kier molecular flexibility index (Phi) is 6.33. The standard InChI is InChI=1S/C16H22FN3O2/c17-14-5-3-13(4-6-14)16(22)19-8-7-15(21)18-9-12-20-10-1-2-11-20/h3-6H,1-2,7-12H2,(H,18,21)(H,19,22). The van der Waals surface area contributed by atoms with Crippen molar-refractivity contribution in [2.45, 2.75) is 19.3 Å². The fourth-order valence-electron chi connectivity index (χ4n) is 2.44. The van der Waals surface area contributed by atoms with E-state index < -0.39 is 0 Å². The van der Waals surface area contributed by atoms with E-state index in [-0.39, 0.29) is 30.6 Å². The molecule has 1 aliphatic heterocycles. The van der Waals surface area contributed by atoms with Crippen LogP contribution >= 0.6 is 0 Å². The summed E-state index contributed by atoms with van der Waals surface area (Å²) in [4.78, 5) is 25.7. The van der Waals surface area contributed by atoms with Crippen molar-refractivity contribution in [3.05, 3.63) is 35.6 Å². The van der Waals surface area contributed by atoms with Crippen LogP contribution in [0.15, 0.2) is 24.3 Å². The van der Waals surface area contributed by atoms with Crippen LogP contribution in [0, 0.1) is 5.82 Å². The van der Waals surface area contributed by atoms with Gasteiger partial charge in [0.1, 0.15) is 5.82 Å². The van der Waals surface area contributed by atoms with Gasteiger partial charge >= 0.3 is 0 Å². The first-order valence-electron chi connectivity index (χ1n) is 7.68. The van der Waals surface area contributed by atoms with Crippen molar-refractivity contribution < 1.29 is 14.0 Å². The van der Waals surface area contributed by atoms with Gasteiger partial charge in [-0.25, -0.2) is 4.39 Å². The fraction of sp³-hybridized carbons (Fsp3) is 0.500. The average Bonchev–Trinajstić information content (AvgIpc) is 3.01. The van der Waals surface area contributed by atoms with Gasteiger partial charge in [-0.1, -0.05) is 0 Å². The third-order valence-electron chi connectivity index (χ3n) is 3.69. The zero-order valence-corrected chi connectivity index (χ0v) is 12.6. The highest BCUT2D eigenvalue weighted by atomic mass is 19.1. The van der Waals surface area contributed by atoms with Gasteiger partial charge in [0.05, 0.1) is 0 Å². The van der Waals surface area contributed by atoms with Gasteiger partial charge < -0.3 is 15.5 Å². The first-order chi connectivity index (χ1) is 10.6. The lowest BCUT2D eigenvalue weighted by Crippen LogP contribution is -2.35. The van der Waals surface area contributed by atoms with Crippen LogP contribution < -0.4 is 10.6 Å². The van der Waals surface area contributed by atoms with Gasteiger partial charge in [-0.3, -0.25) is 9.59 Å². The van der Waals surface area contributed by atoms with Crippen molar-refractivity contribution in [2.75, 3.05) is 32.7 Å². The average molecular weight is 307 g/mol. The first-order valence-corrected chi connectivity index (χ1v) is 7.68. The maximum absolute atomic E-state index is 12.8. The lowest BCUT2D eigenvalue weighted by atomic mass is 10.2. The molecule has 6 heteroatoms. The maximum Gasteiger partial charge on any atom is 0.251 e. The smallest absolute Gasteiger partial charge is 0.251 e. The Hall–Kier alpha value is -1.95. The van der Waals surface area contributed by atoms with Crippen LogP contribution in [-0.4, -0.2) is 49.4 Å². The number of likely N-dealkylation sites (tertiary alicyclic amines) is 1. The van der Waals surface area contributed by atoms with E-state index in [4.69, 9.17) is 0 Å². The summed E-state index contributed by atoms with van der Waals surface area (Å²) in [7, 11) is 0. The van der Waals surface area contributed by atoms with Gasteiger partial charge in [0.2, 0.25) is 5.91 Å². The number of benzene rings is 1. The highest BCUT2D eigenvalue weighted by Gasteiger charge is 2.11. The SMILES string of the molecule is O=C(CCNC(=O)c1ccc(F)cc1)NCCN1CCCC1. The number of nitrogens with one attached hydrogen (secondary N) is 2. The zero-order chi connectivity index (χ0) is 15.8. The molecule has 0 bridgehead atoms. The summed E-state index contributed by atoms with van der Waals surface area (Å²) in [6, 6.07) is 5.31. The normalized spacial score (nSPS) is 14.8. The van der Waals surface area contributed by atoms with Gasteiger partial charge in [-0.2, -0.15) is 0 Å². The van der Waals surface area contributed by atoms with Gasteiger partial charge in [0.15, 0.2) is 0 Å². The molecule has 22 heavy (non-hydrogen) atoms. The molecule has 120 valence electrons. The Labute approximate surface area is 129 Å². The highest BCUT2D eigenvalue weighted by Crippen LogP contribution is 2.05. The van der Waals surface area contributed by atoms with Gasteiger partial charge in [0.25, 0.3) is 5.91 Å². The van der Waals surface area contributed by atoms with Crippen LogP contribution in [0.2, 0.25) is 0 Å². The number of hydrogen-bond acceptors (Lipinski definition) is 3. The highest BCUT2D eigenvalue weighted by molar-refractivity contribution is 5.94. The number of rotatable bonds is 7. The van der Waals surface area contributed by atoms with E-state index in [1.807, 2.05) is 0 Å². The summed E-state index contributed by atoms with van der Waals surface area (Å²) >= 11 is 0. The zero-order valence-electron chi connectivity index (χ0n) is 12.6. The van der Waals surface area contributed by atoms with E-state index in [1.54, 1.807) is 0 Å². The molecule has 1 aromatic carbocycles. The Balaban J connectivity index is 1.58. The van der Waals surface area contributed by atoms with E-state index in [0.29, 0.717) is 12.1 Å². The molecule has 2 N–H and O–H groups in total. The fourth-order valence-corrected chi connectivity index (χ4v) is 2.44. The molecule has 0 atom stereocenters. The molecule has 1 fully saturated rings. The van der Waals surface area contributed by atoms with Crippen LogP contribution in [0.25, 0.3) is 0 Å². The minimum atomic E-state index is -0.381. The predicted octanol–water partition coefficient (Wildman–Crippen LogP) is 1.16. The summed E-state index contributed by atoms with van der Waals surface area (Å²) in [5, 5.41) is 5.50. The number of halogens is 1. The second kappa shape index (κ2) is 8.48. The number of nitrogens with zero attached hydrogens (tertiary/aromatic N) is 1.